The molecule has 0 unspecified atom stereocenters. The molecule has 0 bridgehead atoms. The van der Waals surface area contributed by atoms with E-state index < -0.39 is 5.60 Å². The Balaban J connectivity index is 2.12. The van der Waals surface area contributed by atoms with Gasteiger partial charge in [-0.3, -0.25) is 4.68 Å². The van der Waals surface area contributed by atoms with Crippen LogP contribution in [0.5, 0.6) is 0 Å². The summed E-state index contributed by atoms with van der Waals surface area (Å²) in [6.07, 6.45) is 6.56. The van der Waals surface area contributed by atoms with Gasteiger partial charge in [0.2, 0.25) is 0 Å². The van der Waals surface area contributed by atoms with Gasteiger partial charge in [0, 0.05) is 18.8 Å². The molecular formula is C13H23N3O. The molecule has 4 nitrogen and oxygen atoms in total. The molecule has 1 aliphatic rings. The van der Waals surface area contributed by atoms with Crippen molar-refractivity contribution in [2.75, 3.05) is 7.05 Å². The molecule has 2 rings (SSSR count). The number of nitrogens with one attached hydrogen (secondary N) is 1. The fraction of sp³-hybridized carbons (Fsp3) is 0.769. The minimum Gasteiger partial charge on any atom is -0.384 e. The summed E-state index contributed by atoms with van der Waals surface area (Å²) in [6.45, 7) is 3.02. The summed E-state index contributed by atoms with van der Waals surface area (Å²) in [5.74, 6) is 0. The predicted octanol–water partition coefficient (Wildman–Crippen LogP) is 1.64. The molecule has 1 heterocycles. The van der Waals surface area contributed by atoms with Crippen molar-refractivity contribution >= 4 is 0 Å². The molecule has 0 saturated heterocycles. The largest absolute Gasteiger partial charge is 0.384 e. The fourth-order valence-electron chi connectivity index (χ4n) is 2.76. The maximum atomic E-state index is 10.8. The van der Waals surface area contributed by atoms with E-state index in [0.29, 0.717) is 6.04 Å². The van der Waals surface area contributed by atoms with E-state index in [2.05, 4.69) is 17.3 Å². The summed E-state index contributed by atoms with van der Waals surface area (Å²) in [5, 5.41) is 18.4. The van der Waals surface area contributed by atoms with Gasteiger partial charge in [0.25, 0.3) is 0 Å². The molecule has 1 saturated carbocycles. The molecule has 1 aromatic rings. The Bertz CT molecular complexity index is 353. The number of hydrogen-bond acceptors (Lipinski definition) is 3. The van der Waals surface area contributed by atoms with Crippen LogP contribution < -0.4 is 5.32 Å². The molecule has 17 heavy (non-hydrogen) atoms. The summed E-state index contributed by atoms with van der Waals surface area (Å²) in [4.78, 5) is 0. The van der Waals surface area contributed by atoms with Gasteiger partial charge < -0.3 is 10.4 Å². The van der Waals surface area contributed by atoms with Crippen molar-refractivity contribution in [3.63, 3.8) is 0 Å². The smallest absolute Gasteiger partial charge is 0.106 e. The molecule has 1 aliphatic carbocycles. The zero-order valence-electron chi connectivity index (χ0n) is 10.8. The Morgan fingerprint density at radius 1 is 1.53 bits per heavy atom. The van der Waals surface area contributed by atoms with Crippen molar-refractivity contribution in [2.45, 2.75) is 57.2 Å². The van der Waals surface area contributed by atoms with Crippen LogP contribution in [-0.2, 0) is 12.1 Å². The third-order valence-electron chi connectivity index (χ3n) is 3.85. The fourth-order valence-corrected chi connectivity index (χ4v) is 2.76. The first kappa shape index (κ1) is 12.6. The van der Waals surface area contributed by atoms with Crippen molar-refractivity contribution in [1.29, 1.82) is 0 Å². The van der Waals surface area contributed by atoms with Crippen LogP contribution in [0.2, 0.25) is 0 Å². The van der Waals surface area contributed by atoms with Crippen LogP contribution in [0.1, 0.15) is 44.7 Å². The summed E-state index contributed by atoms with van der Waals surface area (Å²) < 4.78 is 1.96. The highest BCUT2D eigenvalue weighted by Gasteiger charge is 2.36. The van der Waals surface area contributed by atoms with E-state index in [0.717, 1.165) is 44.3 Å². The van der Waals surface area contributed by atoms with E-state index in [1.165, 1.54) is 0 Å². The first-order valence-corrected chi connectivity index (χ1v) is 6.61. The number of rotatable bonds is 4. The number of nitrogens with zero attached hydrogens (tertiary/aromatic N) is 2. The highest BCUT2D eigenvalue weighted by Crippen LogP contribution is 2.36. The third-order valence-corrected chi connectivity index (χ3v) is 3.85. The number of aromatic nitrogens is 2. The Labute approximate surface area is 103 Å². The van der Waals surface area contributed by atoms with Crippen LogP contribution >= 0.6 is 0 Å². The molecule has 0 atom stereocenters. The summed E-state index contributed by atoms with van der Waals surface area (Å²) in [6, 6.07) is 2.52. The van der Waals surface area contributed by atoms with E-state index in [1.54, 1.807) is 6.20 Å². The lowest BCUT2D eigenvalue weighted by Gasteiger charge is -2.36. The molecule has 0 spiro atoms. The van der Waals surface area contributed by atoms with Crippen LogP contribution in [-0.4, -0.2) is 28.0 Å². The Kier molecular flexibility index (Phi) is 3.84. The molecule has 2 N–H and O–H groups in total. The van der Waals surface area contributed by atoms with Crippen molar-refractivity contribution in [3.05, 3.63) is 18.0 Å². The average Bonchev–Trinajstić information content (AvgIpc) is 2.80. The van der Waals surface area contributed by atoms with Crippen LogP contribution in [0, 0.1) is 0 Å². The van der Waals surface area contributed by atoms with Gasteiger partial charge in [-0.2, -0.15) is 5.10 Å². The SMILES string of the molecule is CCCn1nccc1C1(O)CCC(NC)CC1. The van der Waals surface area contributed by atoms with E-state index in [1.807, 2.05) is 17.8 Å². The molecule has 0 aliphatic heterocycles. The molecule has 0 aromatic carbocycles. The van der Waals surface area contributed by atoms with Gasteiger partial charge in [0.1, 0.15) is 5.60 Å². The number of aryl methyl sites for hydroxylation is 1. The van der Waals surface area contributed by atoms with Crippen LogP contribution in [0.4, 0.5) is 0 Å². The minimum atomic E-state index is -0.668. The maximum Gasteiger partial charge on any atom is 0.106 e. The average molecular weight is 237 g/mol. The molecule has 0 radical (unpaired) electrons. The second-order valence-electron chi connectivity index (χ2n) is 5.03. The highest BCUT2D eigenvalue weighted by molar-refractivity contribution is 5.13. The topological polar surface area (TPSA) is 50.1 Å². The first-order chi connectivity index (χ1) is 8.19. The van der Waals surface area contributed by atoms with Gasteiger partial charge in [0.05, 0.1) is 5.69 Å². The van der Waals surface area contributed by atoms with Crippen molar-refractivity contribution in [1.82, 2.24) is 15.1 Å². The van der Waals surface area contributed by atoms with Crippen LogP contribution in [0.15, 0.2) is 12.3 Å². The summed E-state index contributed by atoms with van der Waals surface area (Å²) in [7, 11) is 2.00. The quantitative estimate of drug-likeness (QED) is 0.837. The van der Waals surface area contributed by atoms with Crippen molar-refractivity contribution in [3.8, 4) is 0 Å². The van der Waals surface area contributed by atoms with Gasteiger partial charge in [-0.15, -0.1) is 0 Å². The second-order valence-corrected chi connectivity index (χ2v) is 5.03. The standard InChI is InChI=1S/C13H23N3O/c1-3-10-16-12(6-9-15-16)13(17)7-4-11(14-2)5-8-13/h6,9,11,14,17H,3-5,7-8,10H2,1-2H3. The van der Waals surface area contributed by atoms with Crippen molar-refractivity contribution < 1.29 is 5.11 Å². The highest BCUT2D eigenvalue weighted by atomic mass is 16.3. The van der Waals surface area contributed by atoms with Gasteiger partial charge in [-0.25, -0.2) is 0 Å². The van der Waals surface area contributed by atoms with E-state index in [-0.39, 0.29) is 0 Å². The molecule has 0 amide bonds. The van der Waals surface area contributed by atoms with Gasteiger partial charge in [0.15, 0.2) is 0 Å². The molecule has 4 heteroatoms. The van der Waals surface area contributed by atoms with E-state index >= 15 is 0 Å². The lowest BCUT2D eigenvalue weighted by atomic mass is 9.80. The third kappa shape index (κ3) is 2.53. The molecule has 1 aromatic heterocycles. The molecule has 1 fully saturated rings. The molecule has 96 valence electrons. The Morgan fingerprint density at radius 2 is 2.24 bits per heavy atom. The molecular weight excluding hydrogens is 214 g/mol. The summed E-state index contributed by atoms with van der Waals surface area (Å²) >= 11 is 0. The maximum absolute atomic E-state index is 10.8. The number of hydrogen-bond donors (Lipinski definition) is 2. The lowest BCUT2D eigenvalue weighted by molar-refractivity contribution is -0.0155. The van der Waals surface area contributed by atoms with Crippen molar-refractivity contribution in [2.24, 2.45) is 0 Å². The van der Waals surface area contributed by atoms with E-state index in [9.17, 15) is 5.11 Å². The predicted molar refractivity (Wildman–Crippen MR) is 67.7 cm³/mol. The Hall–Kier alpha value is -0.870. The van der Waals surface area contributed by atoms with Crippen LogP contribution in [0.25, 0.3) is 0 Å². The first-order valence-electron chi connectivity index (χ1n) is 6.61. The monoisotopic (exact) mass is 237 g/mol. The normalized spacial score (nSPS) is 29.5. The summed E-state index contributed by atoms with van der Waals surface area (Å²) in [5.41, 5.74) is 0.327. The minimum absolute atomic E-state index is 0.554. The van der Waals surface area contributed by atoms with Crippen LogP contribution in [0.3, 0.4) is 0 Å². The zero-order valence-corrected chi connectivity index (χ0v) is 10.8. The second kappa shape index (κ2) is 5.19. The van der Waals surface area contributed by atoms with E-state index in [4.69, 9.17) is 0 Å². The van der Waals surface area contributed by atoms with Gasteiger partial charge in [-0.05, 0) is 45.2 Å². The zero-order chi connectivity index (χ0) is 12.3. The van der Waals surface area contributed by atoms with Gasteiger partial charge in [-0.1, -0.05) is 6.92 Å². The number of aliphatic hydroxyl groups is 1. The lowest BCUT2D eigenvalue weighted by Crippen LogP contribution is -2.39. The van der Waals surface area contributed by atoms with Gasteiger partial charge >= 0.3 is 0 Å². The Morgan fingerprint density at radius 3 is 2.82 bits per heavy atom.